The number of ether oxygens (including phenoxy) is 1. The van der Waals surface area contributed by atoms with E-state index < -0.39 is 10.1 Å². The number of rotatable bonds is 4. The molecular formula is C18H17NO4S. The third kappa shape index (κ3) is 3.05. The second-order valence-electron chi connectivity index (χ2n) is 5.45. The Morgan fingerprint density at radius 2 is 1.75 bits per heavy atom. The van der Waals surface area contributed by atoms with Crippen molar-refractivity contribution in [2.75, 3.05) is 7.11 Å². The lowest BCUT2D eigenvalue weighted by atomic mass is 10.2. The first-order valence-electron chi connectivity index (χ1n) is 7.36. The van der Waals surface area contributed by atoms with Crippen LogP contribution in [0, 0.1) is 13.8 Å². The number of benzene rings is 2. The fraction of sp³-hybridized carbons (Fsp3) is 0.167. The van der Waals surface area contributed by atoms with Crippen LogP contribution in [-0.2, 0) is 10.1 Å². The zero-order valence-electron chi connectivity index (χ0n) is 13.6. The number of nitrogens with zero attached hydrogens (tertiary/aromatic N) is 1. The highest BCUT2D eigenvalue weighted by atomic mass is 32.2. The van der Waals surface area contributed by atoms with Gasteiger partial charge in [-0.3, -0.25) is 0 Å². The largest absolute Gasteiger partial charge is 0.496 e. The van der Waals surface area contributed by atoms with Crippen molar-refractivity contribution >= 4 is 21.0 Å². The average molecular weight is 343 g/mol. The van der Waals surface area contributed by atoms with Crippen LogP contribution in [0.25, 0.3) is 10.9 Å². The summed E-state index contributed by atoms with van der Waals surface area (Å²) in [6, 6.07) is 13.5. The summed E-state index contributed by atoms with van der Waals surface area (Å²) in [5, 5.41) is 0.819. The van der Waals surface area contributed by atoms with E-state index in [0.29, 0.717) is 16.8 Å². The molecule has 1 heterocycles. The first-order valence-corrected chi connectivity index (χ1v) is 8.77. The van der Waals surface area contributed by atoms with Crippen LogP contribution in [0.3, 0.4) is 0 Å². The Kier molecular flexibility index (Phi) is 4.15. The number of aromatic nitrogens is 1. The molecule has 3 aromatic rings. The molecule has 0 amide bonds. The minimum absolute atomic E-state index is 0.0745. The van der Waals surface area contributed by atoms with Gasteiger partial charge in [0.1, 0.15) is 16.2 Å². The standard InChI is InChI=1S/C18H17NO4S/c1-12-11-15(9-10-16(12)22-3)24(20,21)23-17-6-4-5-14-8-7-13(2)19-18(14)17/h4-11H,1-3H3. The lowest BCUT2D eigenvalue weighted by Gasteiger charge is -2.11. The van der Waals surface area contributed by atoms with Gasteiger partial charge in [0.25, 0.3) is 0 Å². The first-order chi connectivity index (χ1) is 11.4. The quantitative estimate of drug-likeness (QED) is 0.677. The zero-order valence-corrected chi connectivity index (χ0v) is 14.4. The second-order valence-corrected chi connectivity index (χ2v) is 7.00. The summed E-state index contributed by atoms with van der Waals surface area (Å²) >= 11 is 0. The SMILES string of the molecule is COc1ccc(S(=O)(=O)Oc2cccc3ccc(C)nc23)cc1C. The molecule has 0 bridgehead atoms. The maximum absolute atomic E-state index is 12.6. The van der Waals surface area contributed by atoms with Crippen LogP contribution >= 0.6 is 0 Å². The summed E-state index contributed by atoms with van der Waals surface area (Å²) in [6.07, 6.45) is 0. The molecule has 3 rings (SSSR count). The van der Waals surface area contributed by atoms with Crippen LogP contribution < -0.4 is 8.92 Å². The second kappa shape index (κ2) is 6.13. The van der Waals surface area contributed by atoms with Crippen molar-refractivity contribution in [3.05, 3.63) is 59.8 Å². The molecule has 0 saturated heterocycles. The van der Waals surface area contributed by atoms with Crippen molar-refractivity contribution in [2.24, 2.45) is 0 Å². The van der Waals surface area contributed by atoms with E-state index in [2.05, 4.69) is 4.98 Å². The minimum Gasteiger partial charge on any atom is -0.496 e. The third-order valence-corrected chi connectivity index (χ3v) is 4.91. The Balaban J connectivity index is 2.04. The predicted molar refractivity (Wildman–Crippen MR) is 92.0 cm³/mol. The lowest BCUT2D eigenvalue weighted by Crippen LogP contribution is -2.10. The van der Waals surface area contributed by atoms with Crippen molar-refractivity contribution in [1.29, 1.82) is 0 Å². The summed E-state index contributed by atoms with van der Waals surface area (Å²) in [7, 11) is -2.42. The molecular weight excluding hydrogens is 326 g/mol. The summed E-state index contributed by atoms with van der Waals surface area (Å²) in [5.74, 6) is 0.834. The molecule has 6 heteroatoms. The smallest absolute Gasteiger partial charge is 0.339 e. The number of pyridine rings is 1. The maximum atomic E-state index is 12.6. The molecule has 0 aliphatic heterocycles. The highest BCUT2D eigenvalue weighted by Crippen LogP contribution is 2.28. The van der Waals surface area contributed by atoms with E-state index in [1.165, 1.54) is 19.2 Å². The molecule has 1 aromatic heterocycles. The topological polar surface area (TPSA) is 65.5 Å². The van der Waals surface area contributed by atoms with Crippen molar-refractivity contribution < 1.29 is 17.3 Å². The molecule has 0 saturated carbocycles. The van der Waals surface area contributed by atoms with Crippen molar-refractivity contribution in [2.45, 2.75) is 18.7 Å². The number of para-hydroxylation sites is 1. The molecule has 24 heavy (non-hydrogen) atoms. The molecule has 2 aromatic carbocycles. The van der Waals surface area contributed by atoms with Crippen LogP contribution in [0.1, 0.15) is 11.3 Å². The van der Waals surface area contributed by atoms with Crippen molar-refractivity contribution in [3.8, 4) is 11.5 Å². The van der Waals surface area contributed by atoms with Gasteiger partial charge >= 0.3 is 10.1 Å². The fourth-order valence-corrected chi connectivity index (χ4v) is 3.48. The van der Waals surface area contributed by atoms with Gasteiger partial charge in [0.05, 0.1) is 7.11 Å². The van der Waals surface area contributed by atoms with Gasteiger partial charge in [0.15, 0.2) is 5.75 Å². The number of aryl methyl sites for hydroxylation is 2. The summed E-state index contributed by atoms with van der Waals surface area (Å²) < 4.78 is 35.7. The molecule has 0 N–H and O–H groups in total. The normalized spacial score (nSPS) is 11.5. The Bertz CT molecular complexity index is 1010. The van der Waals surface area contributed by atoms with Crippen LogP contribution in [0.15, 0.2) is 53.4 Å². The highest BCUT2D eigenvalue weighted by molar-refractivity contribution is 7.87. The third-order valence-electron chi connectivity index (χ3n) is 3.68. The van der Waals surface area contributed by atoms with E-state index >= 15 is 0 Å². The molecule has 0 aliphatic carbocycles. The van der Waals surface area contributed by atoms with Crippen molar-refractivity contribution in [3.63, 3.8) is 0 Å². The van der Waals surface area contributed by atoms with Gasteiger partial charge in [0.2, 0.25) is 0 Å². The number of hydrogen-bond donors (Lipinski definition) is 0. The highest BCUT2D eigenvalue weighted by Gasteiger charge is 2.19. The van der Waals surface area contributed by atoms with E-state index in [0.717, 1.165) is 11.1 Å². The molecule has 0 aliphatic rings. The van der Waals surface area contributed by atoms with Gasteiger partial charge in [0, 0.05) is 11.1 Å². The summed E-state index contributed by atoms with van der Waals surface area (Å²) in [5.41, 5.74) is 2.02. The average Bonchev–Trinajstić information content (AvgIpc) is 2.55. The Labute approximate surface area is 141 Å². The van der Waals surface area contributed by atoms with Gasteiger partial charge in [-0.1, -0.05) is 18.2 Å². The minimum atomic E-state index is -3.96. The van der Waals surface area contributed by atoms with Gasteiger partial charge in [-0.05, 0) is 49.7 Å². The van der Waals surface area contributed by atoms with E-state index in [1.54, 1.807) is 25.1 Å². The van der Waals surface area contributed by atoms with Crippen LogP contribution in [0.5, 0.6) is 11.5 Å². The van der Waals surface area contributed by atoms with Gasteiger partial charge < -0.3 is 8.92 Å². The Hall–Kier alpha value is -2.60. The van der Waals surface area contributed by atoms with Gasteiger partial charge in [-0.15, -0.1) is 0 Å². The van der Waals surface area contributed by atoms with Gasteiger partial charge in [-0.2, -0.15) is 8.42 Å². The Morgan fingerprint density at radius 3 is 2.46 bits per heavy atom. The molecule has 0 radical (unpaired) electrons. The number of hydrogen-bond acceptors (Lipinski definition) is 5. The van der Waals surface area contributed by atoms with E-state index in [4.69, 9.17) is 8.92 Å². The lowest BCUT2D eigenvalue weighted by molar-refractivity contribution is 0.411. The van der Waals surface area contributed by atoms with Crippen LogP contribution in [-0.4, -0.2) is 20.5 Å². The van der Waals surface area contributed by atoms with E-state index in [1.807, 2.05) is 25.1 Å². The Morgan fingerprint density at radius 1 is 0.958 bits per heavy atom. The molecule has 0 spiro atoms. The molecule has 0 unspecified atom stereocenters. The first kappa shape index (κ1) is 16.3. The monoisotopic (exact) mass is 343 g/mol. The van der Waals surface area contributed by atoms with Crippen LogP contribution in [0.2, 0.25) is 0 Å². The molecule has 0 atom stereocenters. The number of fused-ring (bicyclic) bond motifs is 1. The molecule has 124 valence electrons. The van der Waals surface area contributed by atoms with Gasteiger partial charge in [-0.25, -0.2) is 4.98 Å². The summed E-state index contributed by atoms with van der Waals surface area (Å²) in [4.78, 5) is 4.46. The predicted octanol–water partition coefficient (Wildman–Crippen LogP) is 3.63. The van der Waals surface area contributed by atoms with E-state index in [-0.39, 0.29) is 10.6 Å². The van der Waals surface area contributed by atoms with Crippen molar-refractivity contribution in [1.82, 2.24) is 4.98 Å². The fourth-order valence-electron chi connectivity index (χ4n) is 2.46. The summed E-state index contributed by atoms with van der Waals surface area (Å²) in [6.45, 7) is 3.62. The van der Waals surface area contributed by atoms with Crippen LogP contribution in [0.4, 0.5) is 0 Å². The number of methoxy groups -OCH3 is 1. The molecule has 5 nitrogen and oxygen atoms in total. The zero-order chi connectivity index (χ0) is 17.3. The molecule has 0 fully saturated rings. The maximum Gasteiger partial charge on any atom is 0.339 e. The van der Waals surface area contributed by atoms with E-state index in [9.17, 15) is 8.42 Å².